The van der Waals surface area contributed by atoms with Crippen LogP contribution in [0.15, 0.2) is 35.9 Å². The van der Waals surface area contributed by atoms with Crippen molar-refractivity contribution in [3.8, 4) is 5.75 Å². The molecule has 0 bridgehead atoms. The Kier molecular flexibility index (Phi) is 4.30. The minimum absolute atomic E-state index is 0.105. The molecule has 0 atom stereocenters. The van der Waals surface area contributed by atoms with Crippen molar-refractivity contribution in [3.05, 3.63) is 47.1 Å². The standard InChI is InChI=1S/C16H15F3O3/c1-9(10(2)20)13-5-3-4-11-8-12(22-16(17,18)19)6-7-14(11)15(13)21/h6-8,21H,1,3-5H2,2H3. The van der Waals surface area contributed by atoms with Crippen LogP contribution in [0, 0.1) is 0 Å². The van der Waals surface area contributed by atoms with Gasteiger partial charge in [-0.25, -0.2) is 0 Å². The first-order valence-corrected chi connectivity index (χ1v) is 6.70. The molecule has 0 aromatic heterocycles. The van der Waals surface area contributed by atoms with E-state index in [-0.39, 0.29) is 22.9 Å². The lowest BCUT2D eigenvalue weighted by Crippen LogP contribution is -2.17. The van der Waals surface area contributed by atoms with Gasteiger partial charge in [-0.3, -0.25) is 4.79 Å². The van der Waals surface area contributed by atoms with Crippen molar-refractivity contribution in [1.29, 1.82) is 0 Å². The lowest BCUT2D eigenvalue weighted by Gasteiger charge is -2.13. The van der Waals surface area contributed by atoms with Crippen LogP contribution in [0.4, 0.5) is 13.2 Å². The number of alkyl halides is 3. The van der Waals surface area contributed by atoms with Gasteiger partial charge in [0.05, 0.1) is 0 Å². The zero-order chi connectivity index (χ0) is 16.5. The zero-order valence-corrected chi connectivity index (χ0v) is 12.0. The van der Waals surface area contributed by atoms with Gasteiger partial charge in [-0.15, -0.1) is 13.2 Å². The fourth-order valence-electron chi connectivity index (χ4n) is 2.45. The lowest BCUT2D eigenvalue weighted by molar-refractivity contribution is -0.274. The summed E-state index contributed by atoms with van der Waals surface area (Å²) in [6.45, 7) is 5.02. The Morgan fingerprint density at radius 1 is 1.32 bits per heavy atom. The second-order valence-corrected chi connectivity index (χ2v) is 5.08. The van der Waals surface area contributed by atoms with E-state index >= 15 is 0 Å². The molecule has 0 radical (unpaired) electrons. The zero-order valence-electron chi connectivity index (χ0n) is 12.0. The Balaban J connectivity index is 2.43. The Morgan fingerprint density at radius 3 is 2.59 bits per heavy atom. The van der Waals surface area contributed by atoms with E-state index in [0.29, 0.717) is 36.0 Å². The molecule has 2 rings (SSSR count). The molecule has 0 spiro atoms. The van der Waals surface area contributed by atoms with Gasteiger partial charge in [0, 0.05) is 16.7 Å². The highest BCUT2D eigenvalue weighted by Crippen LogP contribution is 2.34. The highest BCUT2D eigenvalue weighted by Gasteiger charge is 2.31. The van der Waals surface area contributed by atoms with Gasteiger partial charge in [-0.2, -0.15) is 0 Å². The molecule has 3 nitrogen and oxygen atoms in total. The molecule has 0 unspecified atom stereocenters. The number of fused-ring (bicyclic) bond motifs is 1. The summed E-state index contributed by atoms with van der Waals surface area (Å²) in [5.41, 5.74) is 1.62. The summed E-state index contributed by atoms with van der Waals surface area (Å²) in [5.74, 6) is -0.679. The van der Waals surface area contributed by atoms with E-state index in [0.717, 1.165) is 6.07 Å². The number of aryl methyl sites for hydroxylation is 1. The number of rotatable bonds is 3. The number of hydrogen-bond donors (Lipinski definition) is 1. The Bertz CT molecular complexity index is 657. The van der Waals surface area contributed by atoms with Crippen LogP contribution in [-0.4, -0.2) is 17.3 Å². The van der Waals surface area contributed by atoms with Crippen LogP contribution in [0.1, 0.15) is 30.9 Å². The molecule has 0 saturated heterocycles. The van der Waals surface area contributed by atoms with Gasteiger partial charge < -0.3 is 9.84 Å². The normalized spacial score (nSPS) is 15.1. The molecule has 0 fully saturated rings. The number of halogens is 3. The predicted octanol–water partition coefficient (Wildman–Crippen LogP) is 4.34. The van der Waals surface area contributed by atoms with Gasteiger partial charge in [0.1, 0.15) is 11.5 Å². The molecule has 118 valence electrons. The Morgan fingerprint density at radius 2 is 2.00 bits per heavy atom. The molecule has 0 aliphatic heterocycles. The van der Waals surface area contributed by atoms with Gasteiger partial charge in [-0.1, -0.05) is 6.58 Å². The molecule has 0 amide bonds. The second kappa shape index (κ2) is 5.87. The minimum atomic E-state index is -4.76. The number of aliphatic hydroxyl groups is 1. The average Bonchev–Trinajstić information content (AvgIpc) is 2.55. The summed E-state index contributed by atoms with van der Waals surface area (Å²) >= 11 is 0. The molecule has 22 heavy (non-hydrogen) atoms. The molecule has 1 aromatic rings. The van der Waals surface area contributed by atoms with E-state index in [1.54, 1.807) is 0 Å². The third-order valence-electron chi connectivity index (χ3n) is 3.51. The number of allylic oxidation sites excluding steroid dienone is 2. The molecule has 1 N–H and O–H groups in total. The van der Waals surface area contributed by atoms with Crippen LogP contribution in [0.2, 0.25) is 0 Å². The van der Waals surface area contributed by atoms with Crippen LogP contribution in [0.5, 0.6) is 5.75 Å². The fraction of sp³-hybridized carbons (Fsp3) is 0.312. The smallest absolute Gasteiger partial charge is 0.507 e. The maximum absolute atomic E-state index is 12.3. The Hall–Kier alpha value is -2.24. The van der Waals surface area contributed by atoms with E-state index in [2.05, 4.69) is 11.3 Å². The van der Waals surface area contributed by atoms with Crippen LogP contribution in [-0.2, 0) is 11.2 Å². The van der Waals surface area contributed by atoms with Crippen molar-refractivity contribution in [3.63, 3.8) is 0 Å². The van der Waals surface area contributed by atoms with Crippen LogP contribution in [0.3, 0.4) is 0 Å². The van der Waals surface area contributed by atoms with Gasteiger partial charge in [0.25, 0.3) is 0 Å². The monoisotopic (exact) mass is 312 g/mol. The molecular formula is C16H15F3O3. The maximum Gasteiger partial charge on any atom is 0.573 e. The number of ketones is 1. The SMILES string of the molecule is C=C(C(C)=O)C1=C(O)c2ccc(OC(F)(F)F)cc2CCC1. The van der Waals surface area contributed by atoms with Gasteiger partial charge in [-0.05, 0) is 49.9 Å². The largest absolute Gasteiger partial charge is 0.573 e. The summed E-state index contributed by atoms with van der Waals surface area (Å²) in [7, 11) is 0. The number of ether oxygens (including phenoxy) is 1. The first-order valence-electron chi connectivity index (χ1n) is 6.70. The summed E-state index contributed by atoms with van der Waals surface area (Å²) in [5, 5.41) is 10.3. The minimum Gasteiger partial charge on any atom is -0.507 e. The van der Waals surface area contributed by atoms with E-state index in [1.807, 2.05) is 0 Å². The molecular weight excluding hydrogens is 297 g/mol. The first kappa shape index (κ1) is 16.1. The Labute approximate surface area is 125 Å². The van der Waals surface area contributed by atoms with Crippen LogP contribution in [0.25, 0.3) is 5.76 Å². The number of hydrogen-bond acceptors (Lipinski definition) is 3. The summed E-state index contributed by atoms with van der Waals surface area (Å²) < 4.78 is 40.7. The van der Waals surface area contributed by atoms with E-state index in [4.69, 9.17) is 0 Å². The van der Waals surface area contributed by atoms with E-state index < -0.39 is 6.36 Å². The fourth-order valence-corrected chi connectivity index (χ4v) is 2.45. The first-order chi connectivity index (χ1) is 10.2. The van der Waals surface area contributed by atoms with Crippen LogP contribution >= 0.6 is 0 Å². The topological polar surface area (TPSA) is 46.5 Å². The predicted molar refractivity (Wildman–Crippen MR) is 75.4 cm³/mol. The lowest BCUT2D eigenvalue weighted by atomic mass is 9.97. The highest BCUT2D eigenvalue weighted by atomic mass is 19.4. The van der Waals surface area contributed by atoms with Gasteiger partial charge >= 0.3 is 6.36 Å². The molecule has 1 aliphatic rings. The maximum atomic E-state index is 12.3. The molecule has 0 saturated carbocycles. The van der Waals surface area contributed by atoms with Gasteiger partial charge in [0.2, 0.25) is 0 Å². The number of aliphatic hydroxyl groups excluding tert-OH is 1. The number of Topliss-reactive ketones (excluding diaryl/α,β-unsaturated/α-hetero) is 1. The summed E-state index contributed by atoms with van der Waals surface area (Å²) in [6.07, 6.45) is -3.25. The molecule has 0 heterocycles. The summed E-state index contributed by atoms with van der Waals surface area (Å²) in [6, 6.07) is 3.77. The van der Waals surface area contributed by atoms with Crippen molar-refractivity contribution in [2.75, 3.05) is 0 Å². The van der Waals surface area contributed by atoms with E-state index in [1.165, 1.54) is 19.1 Å². The van der Waals surface area contributed by atoms with Crippen molar-refractivity contribution in [2.24, 2.45) is 0 Å². The van der Waals surface area contributed by atoms with Crippen molar-refractivity contribution in [2.45, 2.75) is 32.5 Å². The van der Waals surface area contributed by atoms with E-state index in [9.17, 15) is 23.1 Å². The number of carbonyl (C=O) groups excluding carboxylic acids is 1. The number of carbonyl (C=O) groups is 1. The third-order valence-corrected chi connectivity index (χ3v) is 3.51. The molecule has 6 heteroatoms. The number of benzene rings is 1. The van der Waals surface area contributed by atoms with Crippen molar-refractivity contribution < 1.29 is 27.8 Å². The molecule has 1 aromatic carbocycles. The highest BCUT2D eigenvalue weighted by molar-refractivity contribution is 5.99. The van der Waals surface area contributed by atoms with Crippen molar-refractivity contribution in [1.82, 2.24) is 0 Å². The molecule has 1 aliphatic carbocycles. The quantitative estimate of drug-likeness (QED) is 0.845. The second-order valence-electron chi connectivity index (χ2n) is 5.08. The van der Waals surface area contributed by atoms with Crippen molar-refractivity contribution >= 4 is 11.5 Å². The average molecular weight is 312 g/mol. The third kappa shape index (κ3) is 3.50. The summed E-state index contributed by atoms with van der Waals surface area (Å²) in [4.78, 5) is 11.4. The van der Waals surface area contributed by atoms with Gasteiger partial charge in [0.15, 0.2) is 5.78 Å². The van der Waals surface area contributed by atoms with Crippen LogP contribution < -0.4 is 4.74 Å².